The molecular formula is C17H16F3N5O. The number of nitrogens with zero attached hydrogens (tertiary/aromatic N) is 4. The van der Waals surface area contributed by atoms with Gasteiger partial charge < -0.3 is 9.88 Å². The molecule has 9 heteroatoms. The van der Waals surface area contributed by atoms with Crippen molar-refractivity contribution in [3.63, 3.8) is 0 Å². The van der Waals surface area contributed by atoms with Gasteiger partial charge in [-0.25, -0.2) is 15.0 Å². The molecule has 1 unspecified atom stereocenters. The highest BCUT2D eigenvalue weighted by molar-refractivity contribution is 6.04. The second-order valence-corrected chi connectivity index (χ2v) is 6.46. The van der Waals surface area contributed by atoms with Gasteiger partial charge in [-0.2, -0.15) is 13.2 Å². The first-order chi connectivity index (χ1) is 12.4. The molecule has 4 rings (SSSR count). The van der Waals surface area contributed by atoms with Gasteiger partial charge in [0.05, 0.1) is 23.8 Å². The molecule has 1 saturated heterocycles. The van der Waals surface area contributed by atoms with Crippen molar-refractivity contribution in [2.75, 3.05) is 13.1 Å². The fourth-order valence-corrected chi connectivity index (χ4v) is 3.51. The van der Waals surface area contributed by atoms with Crippen LogP contribution in [0.15, 0.2) is 24.8 Å². The van der Waals surface area contributed by atoms with Gasteiger partial charge in [0.2, 0.25) is 5.91 Å². The van der Waals surface area contributed by atoms with Gasteiger partial charge in [0, 0.05) is 42.4 Å². The molecule has 1 fully saturated rings. The fourth-order valence-electron chi connectivity index (χ4n) is 3.51. The third-order valence-corrected chi connectivity index (χ3v) is 4.77. The molecule has 6 nitrogen and oxygen atoms in total. The Morgan fingerprint density at radius 2 is 2.15 bits per heavy atom. The number of alkyl halides is 3. The Labute approximate surface area is 146 Å². The van der Waals surface area contributed by atoms with Crippen LogP contribution in [0.1, 0.15) is 30.9 Å². The van der Waals surface area contributed by atoms with Crippen molar-refractivity contribution in [3.05, 3.63) is 30.5 Å². The summed E-state index contributed by atoms with van der Waals surface area (Å²) in [6.07, 6.45) is -0.323. The van der Waals surface area contributed by atoms with Gasteiger partial charge in [-0.3, -0.25) is 4.79 Å². The van der Waals surface area contributed by atoms with Gasteiger partial charge in [-0.15, -0.1) is 0 Å². The predicted molar refractivity (Wildman–Crippen MR) is 88.4 cm³/mol. The van der Waals surface area contributed by atoms with Crippen LogP contribution < -0.4 is 0 Å². The molecule has 1 amide bonds. The third kappa shape index (κ3) is 3.09. The molecule has 1 atom stereocenters. The van der Waals surface area contributed by atoms with E-state index in [1.807, 2.05) is 6.07 Å². The molecule has 3 aromatic heterocycles. The number of pyridine rings is 1. The van der Waals surface area contributed by atoms with E-state index in [0.29, 0.717) is 25.0 Å². The maximum absolute atomic E-state index is 12.3. The lowest BCUT2D eigenvalue weighted by Gasteiger charge is -2.17. The average Bonchev–Trinajstić information content (AvgIpc) is 3.27. The highest BCUT2D eigenvalue weighted by Gasteiger charge is 2.33. The standard InChI is InChI=1S/C17H16F3N5O/c18-17(19,20)4-1-13(26)25-6-3-10(8-25)15-14-11-2-5-21-16(11)22-7-12(14)23-9-24-15/h2,5,7,9-10H,1,3-4,6,8H2,(H,21,22). The highest BCUT2D eigenvalue weighted by Crippen LogP contribution is 2.34. The molecule has 0 spiro atoms. The Hall–Kier alpha value is -2.71. The number of amides is 1. The van der Waals surface area contributed by atoms with Crippen molar-refractivity contribution in [1.29, 1.82) is 0 Å². The summed E-state index contributed by atoms with van der Waals surface area (Å²) in [4.78, 5) is 29.6. The molecule has 0 saturated carbocycles. The van der Waals surface area contributed by atoms with E-state index in [-0.39, 0.29) is 5.92 Å². The first-order valence-electron chi connectivity index (χ1n) is 8.33. The summed E-state index contributed by atoms with van der Waals surface area (Å²) in [7, 11) is 0. The molecule has 3 aromatic rings. The molecule has 136 valence electrons. The van der Waals surface area contributed by atoms with Gasteiger partial charge in [-0.1, -0.05) is 0 Å². The second kappa shape index (κ2) is 6.22. The number of rotatable bonds is 3. The van der Waals surface area contributed by atoms with Crippen LogP contribution in [-0.4, -0.2) is 50.0 Å². The zero-order chi connectivity index (χ0) is 18.3. The van der Waals surface area contributed by atoms with E-state index in [2.05, 4.69) is 19.9 Å². The molecule has 0 aliphatic carbocycles. The van der Waals surface area contributed by atoms with Crippen molar-refractivity contribution in [2.24, 2.45) is 0 Å². The van der Waals surface area contributed by atoms with Crippen molar-refractivity contribution >= 4 is 27.8 Å². The number of aromatic amines is 1. The minimum absolute atomic E-state index is 0.0316. The number of carbonyl (C=O) groups excluding carboxylic acids is 1. The predicted octanol–water partition coefficient (Wildman–Crippen LogP) is 3.16. The Bertz CT molecular complexity index is 968. The van der Waals surface area contributed by atoms with Crippen molar-refractivity contribution in [1.82, 2.24) is 24.8 Å². The van der Waals surface area contributed by atoms with Gasteiger partial charge in [0.1, 0.15) is 12.0 Å². The first-order valence-corrected chi connectivity index (χ1v) is 8.33. The summed E-state index contributed by atoms with van der Waals surface area (Å²) in [6, 6.07) is 1.90. The highest BCUT2D eigenvalue weighted by atomic mass is 19.4. The van der Waals surface area contributed by atoms with E-state index in [9.17, 15) is 18.0 Å². The quantitative estimate of drug-likeness (QED) is 0.776. The van der Waals surface area contributed by atoms with Crippen LogP contribution in [-0.2, 0) is 4.79 Å². The van der Waals surface area contributed by atoms with Gasteiger partial charge >= 0.3 is 6.18 Å². The smallest absolute Gasteiger partial charge is 0.346 e. The van der Waals surface area contributed by atoms with Crippen LogP contribution in [0.3, 0.4) is 0 Å². The van der Waals surface area contributed by atoms with Crippen LogP contribution >= 0.6 is 0 Å². The van der Waals surface area contributed by atoms with Crippen molar-refractivity contribution in [3.8, 4) is 0 Å². The van der Waals surface area contributed by atoms with Crippen molar-refractivity contribution < 1.29 is 18.0 Å². The third-order valence-electron chi connectivity index (χ3n) is 4.77. The lowest BCUT2D eigenvalue weighted by Crippen LogP contribution is -2.29. The van der Waals surface area contributed by atoms with E-state index >= 15 is 0 Å². The summed E-state index contributed by atoms with van der Waals surface area (Å²) >= 11 is 0. The zero-order valence-corrected chi connectivity index (χ0v) is 13.8. The van der Waals surface area contributed by atoms with E-state index in [1.165, 1.54) is 11.2 Å². The molecule has 26 heavy (non-hydrogen) atoms. The molecular weight excluding hydrogens is 347 g/mol. The number of fused-ring (bicyclic) bond motifs is 3. The number of likely N-dealkylation sites (tertiary alicyclic amines) is 1. The lowest BCUT2D eigenvalue weighted by atomic mass is 9.99. The summed E-state index contributed by atoms with van der Waals surface area (Å²) in [5.74, 6) is -0.493. The number of aromatic nitrogens is 4. The van der Waals surface area contributed by atoms with Crippen molar-refractivity contribution in [2.45, 2.75) is 31.4 Å². The van der Waals surface area contributed by atoms with E-state index in [0.717, 1.165) is 22.1 Å². The molecule has 1 aliphatic heterocycles. The number of carbonyl (C=O) groups is 1. The monoisotopic (exact) mass is 363 g/mol. The SMILES string of the molecule is O=C(CCC(F)(F)F)N1CCC(c2ncnc3cnc4[nH]ccc4c23)C1. The lowest BCUT2D eigenvalue weighted by molar-refractivity contribution is -0.148. The van der Waals surface area contributed by atoms with Gasteiger partial charge in [0.15, 0.2) is 0 Å². The number of hydrogen-bond donors (Lipinski definition) is 1. The van der Waals surface area contributed by atoms with Crippen LogP contribution in [0, 0.1) is 0 Å². The summed E-state index contributed by atoms with van der Waals surface area (Å²) < 4.78 is 37.0. The van der Waals surface area contributed by atoms with Crippen LogP contribution in [0.2, 0.25) is 0 Å². The van der Waals surface area contributed by atoms with E-state index in [4.69, 9.17) is 0 Å². The minimum Gasteiger partial charge on any atom is -0.346 e. The number of halogens is 3. The maximum atomic E-state index is 12.3. The Balaban J connectivity index is 1.59. The normalized spacial score (nSPS) is 18.1. The topological polar surface area (TPSA) is 74.8 Å². The second-order valence-electron chi connectivity index (χ2n) is 6.46. The Morgan fingerprint density at radius 3 is 2.96 bits per heavy atom. The van der Waals surface area contributed by atoms with Crippen LogP contribution in [0.5, 0.6) is 0 Å². The van der Waals surface area contributed by atoms with Gasteiger partial charge in [0.25, 0.3) is 0 Å². The minimum atomic E-state index is -4.31. The molecule has 0 radical (unpaired) electrons. The van der Waals surface area contributed by atoms with Gasteiger partial charge in [-0.05, 0) is 12.5 Å². The molecule has 1 aliphatic rings. The molecule has 1 N–H and O–H groups in total. The Kier molecular flexibility index (Phi) is 4.01. The maximum Gasteiger partial charge on any atom is 0.389 e. The van der Waals surface area contributed by atoms with E-state index < -0.39 is 24.9 Å². The average molecular weight is 363 g/mol. The molecule has 0 aromatic carbocycles. The zero-order valence-electron chi connectivity index (χ0n) is 13.8. The first kappa shape index (κ1) is 16.7. The largest absolute Gasteiger partial charge is 0.389 e. The molecule has 4 heterocycles. The summed E-state index contributed by atoms with van der Waals surface area (Å²) in [6.45, 7) is 0.811. The van der Waals surface area contributed by atoms with Crippen LogP contribution in [0.25, 0.3) is 21.9 Å². The number of hydrogen-bond acceptors (Lipinski definition) is 4. The summed E-state index contributed by atoms with van der Waals surface area (Å²) in [5.41, 5.74) is 2.25. The number of nitrogens with one attached hydrogen (secondary N) is 1. The van der Waals surface area contributed by atoms with E-state index in [1.54, 1.807) is 12.4 Å². The molecule has 0 bridgehead atoms. The summed E-state index contributed by atoms with van der Waals surface area (Å²) in [5, 5.41) is 1.79. The fraction of sp³-hybridized carbons (Fsp3) is 0.412. The Morgan fingerprint density at radius 1 is 1.31 bits per heavy atom. The van der Waals surface area contributed by atoms with Crippen LogP contribution in [0.4, 0.5) is 13.2 Å². The number of H-pyrrole nitrogens is 1.